The van der Waals surface area contributed by atoms with Crippen LogP contribution in [0, 0.1) is 5.92 Å². The van der Waals surface area contributed by atoms with Gasteiger partial charge in [0, 0.05) is 19.0 Å². The van der Waals surface area contributed by atoms with E-state index in [1.165, 1.54) is 25.6 Å². The van der Waals surface area contributed by atoms with Crippen molar-refractivity contribution in [2.24, 2.45) is 5.92 Å². The molecule has 0 aromatic carbocycles. The maximum atomic E-state index is 10.5. The van der Waals surface area contributed by atoms with Crippen LogP contribution >= 0.6 is 0 Å². The van der Waals surface area contributed by atoms with Crippen molar-refractivity contribution in [1.82, 2.24) is 9.88 Å². The molecule has 1 fully saturated rings. The third-order valence-electron chi connectivity index (χ3n) is 3.43. The van der Waals surface area contributed by atoms with Gasteiger partial charge in [0.15, 0.2) is 12.2 Å². The van der Waals surface area contributed by atoms with E-state index in [4.69, 9.17) is 4.42 Å². The van der Waals surface area contributed by atoms with Gasteiger partial charge < -0.3 is 9.32 Å². The van der Waals surface area contributed by atoms with Gasteiger partial charge in [-0.2, -0.15) is 0 Å². The van der Waals surface area contributed by atoms with Crippen LogP contribution in [0.3, 0.4) is 0 Å². The van der Waals surface area contributed by atoms with Crippen LogP contribution in [0.5, 0.6) is 0 Å². The third kappa shape index (κ3) is 3.16. The fourth-order valence-corrected chi connectivity index (χ4v) is 2.45. The molecule has 1 aromatic rings. The zero-order valence-electron chi connectivity index (χ0n) is 10.6. The fourth-order valence-electron chi connectivity index (χ4n) is 2.45. The second kappa shape index (κ2) is 5.45. The Hall–Kier alpha value is -1.16. The number of rotatable bonds is 4. The van der Waals surface area contributed by atoms with Crippen molar-refractivity contribution >= 4 is 6.29 Å². The topological polar surface area (TPSA) is 46.3 Å². The molecule has 0 aliphatic carbocycles. The van der Waals surface area contributed by atoms with Gasteiger partial charge >= 0.3 is 0 Å². The van der Waals surface area contributed by atoms with Crippen molar-refractivity contribution in [3.8, 4) is 0 Å². The number of likely N-dealkylation sites (tertiary alicyclic amines) is 1. The Bertz CT molecular complexity index is 373. The highest BCUT2D eigenvalue weighted by Gasteiger charge is 2.23. The molecule has 2 heterocycles. The lowest BCUT2D eigenvalue weighted by Crippen LogP contribution is -2.40. The minimum Gasteiger partial charge on any atom is -0.448 e. The van der Waals surface area contributed by atoms with Crippen molar-refractivity contribution < 1.29 is 9.21 Å². The highest BCUT2D eigenvalue weighted by Crippen LogP contribution is 2.21. The Morgan fingerprint density at radius 2 is 2.47 bits per heavy atom. The molecule has 0 N–H and O–H groups in total. The molecule has 17 heavy (non-hydrogen) atoms. The molecule has 1 unspecified atom stereocenters. The van der Waals surface area contributed by atoms with Crippen LogP contribution in [0.25, 0.3) is 0 Å². The van der Waals surface area contributed by atoms with Crippen LogP contribution < -0.4 is 0 Å². The summed E-state index contributed by atoms with van der Waals surface area (Å²) in [7, 11) is 0. The average Bonchev–Trinajstić information content (AvgIpc) is 2.77. The molecule has 1 aromatic heterocycles. The molecule has 0 radical (unpaired) electrons. The monoisotopic (exact) mass is 236 g/mol. The maximum absolute atomic E-state index is 10.5. The summed E-state index contributed by atoms with van der Waals surface area (Å²) < 4.78 is 5.29. The van der Waals surface area contributed by atoms with Gasteiger partial charge in [0.1, 0.15) is 12.0 Å². The van der Waals surface area contributed by atoms with Crippen molar-refractivity contribution in [3.05, 3.63) is 17.8 Å². The molecule has 0 spiro atoms. The van der Waals surface area contributed by atoms with E-state index in [1.54, 1.807) is 0 Å². The van der Waals surface area contributed by atoms with Crippen molar-refractivity contribution in [2.45, 2.75) is 39.2 Å². The van der Waals surface area contributed by atoms with E-state index in [-0.39, 0.29) is 0 Å². The lowest BCUT2D eigenvalue weighted by atomic mass is 9.94. The van der Waals surface area contributed by atoms with E-state index >= 15 is 0 Å². The van der Waals surface area contributed by atoms with Gasteiger partial charge in [-0.25, -0.2) is 4.98 Å². The maximum Gasteiger partial charge on any atom is 0.194 e. The number of carbonyl (C=O) groups is 1. The third-order valence-corrected chi connectivity index (χ3v) is 3.43. The number of hydrogen-bond acceptors (Lipinski definition) is 4. The van der Waals surface area contributed by atoms with Crippen LogP contribution in [0.1, 0.15) is 43.1 Å². The van der Waals surface area contributed by atoms with E-state index in [9.17, 15) is 4.79 Å². The van der Waals surface area contributed by atoms with Gasteiger partial charge in [0.2, 0.25) is 0 Å². The Morgan fingerprint density at radius 1 is 1.65 bits per heavy atom. The number of piperidine rings is 1. The molecule has 0 saturated carbocycles. The largest absolute Gasteiger partial charge is 0.448 e. The van der Waals surface area contributed by atoms with Gasteiger partial charge in [-0.1, -0.05) is 0 Å². The van der Waals surface area contributed by atoms with E-state index in [0.717, 1.165) is 19.3 Å². The number of aldehydes is 1. The molecule has 0 amide bonds. The zero-order valence-corrected chi connectivity index (χ0v) is 10.6. The molecule has 0 bridgehead atoms. The lowest BCUT2D eigenvalue weighted by Gasteiger charge is -2.35. The normalized spacial score (nSPS) is 21.9. The highest BCUT2D eigenvalue weighted by molar-refractivity contribution is 5.70. The van der Waals surface area contributed by atoms with E-state index < -0.39 is 0 Å². The molecule has 4 heteroatoms. The molecular weight excluding hydrogens is 216 g/mol. The summed E-state index contributed by atoms with van der Waals surface area (Å²) in [4.78, 5) is 17.2. The second-order valence-electron chi connectivity index (χ2n) is 5.09. The molecule has 1 aliphatic heterocycles. The van der Waals surface area contributed by atoms with Gasteiger partial charge in [-0.05, 0) is 39.2 Å². The summed E-state index contributed by atoms with van der Waals surface area (Å²) in [5.41, 5.74) is 0.400. The first-order chi connectivity index (χ1) is 8.19. The fraction of sp³-hybridized carbons (Fsp3) is 0.692. The summed E-state index contributed by atoms with van der Waals surface area (Å²) in [5.74, 6) is 1.30. The van der Waals surface area contributed by atoms with E-state index in [0.29, 0.717) is 23.5 Å². The van der Waals surface area contributed by atoms with Gasteiger partial charge in [-0.3, -0.25) is 4.79 Å². The molecule has 1 aliphatic rings. The lowest BCUT2D eigenvalue weighted by molar-refractivity contribution is 0.111. The van der Waals surface area contributed by atoms with Crippen LogP contribution in [0.4, 0.5) is 0 Å². The summed E-state index contributed by atoms with van der Waals surface area (Å²) in [6.45, 7) is 6.77. The number of carbonyl (C=O) groups excluding carboxylic acids is 1. The number of aromatic nitrogens is 1. The standard InChI is InChI=1S/C13H20N2O2/c1-10(2)15-5-3-4-11(7-15)6-13-14-12(8-16)9-17-13/h8-11H,3-7H2,1-2H3. The predicted octanol–water partition coefficient (Wildman–Crippen LogP) is 2.15. The molecule has 1 saturated heterocycles. The molecule has 94 valence electrons. The first kappa shape index (κ1) is 12.3. The molecule has 4 nitrogen and oxygen atoms in total. The van der Waals surface area contributed by atoms with Crippen molar-refractivity contribution in [2.75, 3.05) is 13.1 Å². The summed E-state index contributed by atoms with van der Waals surface area (Å²) in [5, 5.41) is 0. The Morgan fingerprint density at radius 3 is 3.12 bits per heavy atom. The predicted molar refractivity (Wildman–Crippen MR) is 65.0 cm³/mol. The first-order valence-electron chi connectivity index (χ1n) is 6.32. The zero-order chi connectivity index (χ0) is 12.3. The molecule has 2 rings (SSSR count). The highest BCUT2D eigenvalue weighted by atomic mass is 16.3. The van der Waals surface area contributed by atoms with Crippen molar-refractivity contribution in [1.29, 1.82) is 0 Å². The van der Waals surface area contributed by atoms with Crippen LogP contribution in [0.2, 0.25) is 0 Å². The molecular formula is C13H20N2O2. The van der Waals surface area contributed by atoms with E-state index in [1.807, 2.05) is 0 Å². The van der Waals surface area contributed by atoms with Crippen LogP contribution in [-0.2, 0) is 6.42 Å². The Balaban J connectivity index is 1.92. The summed E-state index contributed by atoms with van der Waals surface area (Å²) in [6.07, 6.45) is 5.48. The average molecular weight is 236 g/mol. The number of nitrogens with zero attached hydrogens (tertiary/aromatic N) is 2. The number of hydrogen-bond donors (Lipinski definition) is 0. The second-order valence-corrected chi connectivity index (χ2v) is 5.09. The minimum absolute atomic E-state index is 0.400. The summed E-state index contributed by atoms with van der Waals surface area (Å²) >= 11 is 0. The van der Waals surface area contributed by atoms with Gasteiger partial charge in [0.05, 0.1) is 0 Å². The van der Waals surface area contributed by atoms with Crippen LogP contribution in [-0.4, -0.2) is 35.3 Å². The number of oxazole rings is 1. The van der Waals surface area contributed by atoms with Crippen molar-refractivity contribution in [3.63, 3.8) is 0 Å². The van der Waals surface area contributed by atoms with Crippen LogP contribution in [0.15, 0.2) is 10.7 Å². The summed E-state index contributed by atoms with van der Waals surface area (Å²) in [6, 6.07) is 0.605. The quantitative estimate of drug-likeness (QED) is 0.751. The Kier molecular flexibility index (Phi) is 3.94. The van der Waals surface area contributed by atoms with E-state index in [2.05, 4.69) is 23.7 Å². The van der Waals surface area contributed by atoms with Gasteiger partial charge in [-0.15, -0.1) is 0 Å². The molecule has 1 atom stereocenters. The smallest absolute Gasteiger partial charge is 0.194 e. The Labute approximate surface area is 102 Å². The van der Waals surface area contributed by atoms with Gasteiger partial charge in [0.25, 0.3) is 0 Å². The minimum atomic E-state index is 0.400. The SMILES string of the molecule is CC(C)N1CCCC(Cc2nc(C=O)co2)C1. The first-order valence-corrected chi connectivity index (χ1v) is 6.32.